The summed E-state index contributed by atoms with van der Waals surface area (Å²) in [5.41, 5.74) is 0.337. The fourth-order valence-corrected chi connectivity index (χ4v) is 4.19. The molecule has 0 aliphatic heterocycles. The van der Waals surface area contributed by atoms with Crippen molar-refractivity contribution in [2.24, 2.45) is 0 Å². The van der Waals surface area contributed by atoms with Gasteiger partial charge in [0.05, 0.1) is 16.9 Å². The van der Waals surface area contributed by atoms with Crippen molar-refractivity contribution in [3.63, 3.8) is 0 Å². The standard InChI is InChI=1S/C17H17Cl2N3O5S/c1-11(17(23)20-10-12-6-7-13(18)8-16(12)19)21(28(2,26)27)14-4-3-5-15(9-14)22(24)25/h3-9,11H,10H2,1-2H3,(H,20,23)/t11-/m1/s1. The van der Waals surface area contributed by atoms with E-state index in [9.17, 15) is 23.3 Å². The molecule has 0 saturated carbocycles. The first-order valence-corrected chi connectivity index (χ1v) is 10.6. The van der Waals surface area contributed by atoms with Gasteiger partial charge in [-0.2, -0.15) is 0 Å². The molecule has 2 aromatic carbocycles. The van der Waals surface area contributed by atoms with E-state index in [4.69, 9.17) is 23.2 Å². The number of non-ortho nitro benzene ring substituents is 1. The number of benzene rings is 2. The third-order valence-corrected chi connectivity index (χ3v) is 5.68. The van der Waals surface area contributed by atoms with Crippen molar-refractivity contribution in [1.29, 1.82) is 0 Å². The van der Waals surface area contributed by atoms with Crippen LogP contribution in [0.1, 0.15) is 12.5 Å². The molecule has 0 saturated heterocycles. The number of nitrogens with zero attached hydrogens (tertiary/aromatic N) is 2. The Labute approximate surface area is 172 Å². The molecule has 0 spiro atoms. The number of anilines is 1. The summed E-state index contributed by atoms with van der Waals surface area (Å²) in [4.78, 5) is 22.9. The van der Waals surface area contributed by atoms with Crippen LogP contribution in [0.15, 0.2) is 42.5 Å². The van der Waals surface area contributed by atoms with Crippen LogP contribution in [0.3, 0.4) is 0 Å². The first kappa shape index (κ1) is 21.9. The molecule has 2 aromatic rings. The van der Waals surface area contributed by atoms with Crippen molar-refractivity contribution >= 4 is 50.5 Å². The van der Waals surface area contributed by atoms with Gasteiger partial charge in [0.15, 0.2) is 0 Å². The summed E-state index contributed by atoms with van der Waals surface area (Å²) in [6.45, 7) is 1.45. The number of nitro benzene ring substituents is 1. The number of carbonyl (C=O) groups is 1. The second-order valence-corrected chi connectivity index (χ2v) is 8.67. The summed E-state index contributed by atoms with van der Waals surface area (Å²) in [6, 6.07) is 8.70. The summed E-state index contributed by atoms with van der Waals surface area (Å²) in [5, 5.41) is 14.4. The monoisotopic (exact) mass is 445 g/mol. The Balaban J connectivity index is 2.25. The number of hydrogen-bond donors (Lipinski definition) is 1. The molecule has 0 aliphatic carbocycles. The Morgan fingerprint density at radius 2 is 1.93 bits per heavy atom. The summed E-state index contributed by atoms with van der Waals surface area (Å²) in [5.74, 6) is -0.594. The Kier molecular flexibility index (Phi) is 6.87. The molecular weight excluding hydrogens is 429 g/mol. The molecule has 1 N–H and O–H groups in total. The largest absolute Gasteiger partial charge is 0.350 e. The first-order valence-electron chi connectivity index (χ1n) is 7.96. The lowest BCUT2D eigenvalue weighted by Crippen LogP contribution is -2.47. The molecule has 0 fully saturated rings. The predicted molar refractivity (Wildman–Crippen MR) is 108 cm³/mol. The number of hydrogen-bond acceptors (Lipinski definition) is 5. The minimum Gasteiger partial charge on any atom is -0.350 e. The van der Waals surface area contributed by atoms with E-state index in [2.05, 4.69) is 5.32 Å². The van der Waals surface area contributed by atoms with Crippen LogP contribution >= 0.6 is 23.2 Å². The van der Waals surface area contributed by atoms with Gasteiger partial charge in [-0.3, -0.25) is 19.2 Å². The van der Waals surface area contributed by atoms with Crippen molar-refractivity contribution in [1.82, 2.24) is 5.32 Å². The average Bonchev–Trinajstić information content (AvgIpc) is 2.59. The minimum absolute atomic E-state index is 0.0175. The number of halogens is 2. The zero-order valence-corrected chi connectivity index (χ0v) is 17.3. The van der Waals surface area contributed by atoms with Gasteiger partial charge in [-0.1, -0.05) is 35.3 Å². The molecular formula is C17H17Cl2N3O5S. The number of carbonyl (C=O) groups excluding carboxylic acids is 1. The van der Waals surface area contributed by atoms with Crippen LogP contribution in [-0.2, 0) is 21.4 Å². The summed E-state index contributed by atoms with van der Waals surface area (Å²) in [6.07, 6.45) is 0.922. The normalized spacial score (nSPS) is 12.3. The molecule has 0 aromatic heterocycles. The van der Waals surface area contributed by atoms with E-state index in [0.29, 0.717) is 15.6 Å². The van der Waals surface area contributed by atoms with E-state index in [1.807, 2.05) is 0 Å². The van der Waals surface area contributed by atoms with Gasteiger partial charge in [0, 0.05) is 28.7 Å². The molecule has 11 heteroatoms. The molecule has 0 unspecified atom stereocenters. The second-order valence-electron chi connectivity index (χ2n) is 5.97. The average molecular weight is 446 g/mol. The van der Waals surface area contributed by atoms with E-state index in [1.54, 1.807) is 12.1 Å². The Hall–Kier alpha value is -2.36. The van der Waals surface area contributed by atoms with Gasteiger partial charge >= 0.3 is 0 Å². The Morgan fingerprint density at radius 1 is 1.25 bits per heavy atom. The topological polar surface area (TPSA) is 110 Å². The van der Waals surface area contributed by atoms with Crippen LogP contribution < -0.4 is 9.62 Å². The molecule has 0 radical (unpaired) electrons. The van der Waals surface area contributed by atoms with Crippen LogP contribution in [0.5, 0.6) is 0 Å². The minimum atomic E-state index is -3.90. The molecule has 150 valence electrons. The summed E-state index contributed by atoms with van der Waals surface area (Å²) in [7, 11) is -3.90. The van der Waals surface area contributed by atoms with E-state index in [0.717, 1.165) is 16.6 Å². The molecule has 2 rings (SSSR count). The van der Waals surface area contributed by atoms with Crippen molar-refractivity contribution in [3.8, 4) is 0 Å². The van der Waals surface area contributed by atoms with E-state index in [1.165, 1.54) is 31.2 Å². The van der Waals surface area contributed by atoms with Crippen LogP contribution in [0, 0.1) is 10.1 Å². The fourth-order valence-electron chi connectivity index (χ4n) is 2.55. The van der Waals surface area contributed by atoms with Crippen molar-refractivity contribution in [2.45, 2.75) is 19.5 Å². The lowest BCUT2D eigenvalue weighted by atomic mass is 10.2. The smallest absolute Gasteiger partial charge is 0.271 e. The highest BCUT2D eigenvalue weighted by Gasteiger charge is 2.30. The van der Waals surface area contributed by atoms with Gasteiger partial charge in [0.25, 0.3) is 5.69 Å². The summed E-state index contributed by atoms with van der Waals surface area (Å²) >= 11 is 11.9. The number of rotatable bonds is 7. The number of sulfonamides is 1. The maximum Gasteiger partial charge on any atom is 0.271 e. The van der Waals surface area contributed by atoms with Gasteiger partial charge in [-0.15, -0.1) is 0 Å². The maximum atomic E-state index is 12.6. The SMILES string of the molecule is C[C@H](C(=O)NCc1ccc(Cl)cc1Cl)N(c1cccc([N+](=O)[O-])c1)S(C)(=O)=O. The number of nitro groups is 1. The predicted octanol–water partition coefficient (Wildman–Crippen LogP) is 3.37. The highest BCUT2D eigenvalue weighted by Crippen LogP contribution is 2.25. The van der Waals surface area contributed by atoms with Gasteiger partial charge in [-0.05, 0) is 30.7 Å². The number of amides is 1. The molecule has 0 bridgehead atoms. The first-order chi connectivity index (χ1) is 13.0. The highest BCUT2D eigenvalue weighted by atomic mass is 35.5. The van der Waals surface area contributed by atoms with Crippen molar-refractivity contribution < 1.29 is 18.1 Å². The summed E-state index contributed by atoms with van der Waals surface area (Å²) < 4.78 is 25.4. The quantitative estimate of drug-likeness (QED) is 0.518. The molecule has 1 amide bonds. The van der Waals surface area contributed by atoms with Crippen LogP contribution in [0.25, 0.3) is 0 Å². The zero-order chi connectivity index (χ0) is 21.1. The third kappa shape index (κ3) is 5.34. The molecule has 0 aliphatic rings. The Bertz CT molecular complexity index is 1010. The van der Waals surface area contributed by atoms with Gasteiger partial charge in [0.1, 0.15) is 6.04 Å². The molecule has 1 atom stereocenters. The maximum absolute atomic E-state index is 12.6. The fraction of sp³-hybridized carbons (Fsp3) is 0.235. The molecule has 28 heavy (non-hydrogen) atoms. The van der Waals surface area contributed by atoms with E-state index in [-0.39, 0.29) is 17.9 Å². The second kappa shape index (κ2) is 8.76. The zero-order valence-electron chi connectivity index (χ0n) is 14.9. The van der Waals surface area contributed by atoms with Crippen LogP contribution in [0.2, 0.25) is 10.0 Å². The van der Waals surface area contributed by atoms with Gasteiger partial charge < -0.3 is 5.32 Å². The molecule has 8 nitrogen and oxygen atoms in total. The number of nitrogens with one attached hydrogen (secondary N) is 1. The highest BCUT2D eigenvalue weighted by molar-refractivity contribution is 7.92. The van der Waals surface area contributed by atoms with Gasteiger partial charge in [-0.25, -0.2) is 8.42 Å². The molecule has 0 heterocycles. The van der Waals surface area contributed by atoms with Crippen LogP contribution in [-0.4, -0.2) is 31.5 Å². The van der Waals surface area contributed by atoms with E-state index < -0.39 is 26.9 Å². The van der Waals surface area contributed by atoms with Gasteiger partial charge in [0.2, 0.25) is 15.9 Å². The van der Waals surface area contributed by atoms with E-state index >= 15 is 0 Å². The van der Waals surface area contributed by atoms with Crippen molar-refractivity contribution in [2.75, 3.05) is 10.6 Å². The third-order valence-electron chi connectivity index (χ3n) is 3.85. The Morgan fingerprint density at radius 3 is 2.50 bits per heavy atom. The van der Waals surface area contributed by atoms with Crippen LogP contribution in [0.4, 0.5) is 11.4 Å². The lowest BCUT2D eigenvalue weighted by Gasteiger charge is -2.28. The van der Waals surface area contributed by atoms with Crippen molar-refractivity contribution in [3.05, 3.63) is 68.2 Å². The lowest BCUT2D eigenvalue weighted by molar-refractivity contribution is -0.384.